The molecule has 1 saturated heterocycles. The molecular weight excluding hydrogens is 370 g/mol. The number of carbonyl (C=O) groups excluding carboxylic acids is 1. The molecular formula is C22H30N3O4+. The largest absolute Gasteiger partial charge is 0.506 e. The van der Waals surface area contributed by atoms with Crippen LogP contribution >= 0.6 is 0 Å². The lowest BCUT2D eigenvalue weighted by Crippen LogP contribution is -3.15. The smallest absolute Gasteiger partial charge is 0.279 e. The Kier molecular flexibility index (Phi) is 7.19. The first-order valence-corrected chi connectivity index (χ1v) is 10.2. The number of anilines is 2. The summed E-state index contributed by atoms with van der Waals surface area (Å²) in [6, 6.07) is 12.8. The maximum atomic E-state index is 12.5. The summed E-state index contributed by atoms with van der Waals surface area (Å²) in [6.07, 6.45) is 0. The SMILES string of the molecule is CCOc1ccc(NC(=O)C[NH+]2CCN(c3ccccc3O)CC2)cc1OCC. The number of benzene rings is 2. The van der Waals surface area contributed by atoms with E-state index >= 15 is 0 Å². The lowest BCUT2D eigenvalue weighted by molar-refractivity contribution is -0.892. The van der Waals surface area contributed by atoms with Crippen molar-refractivity contribution in [3.05, 3.63) is 42.5 Å². The minimum absolute atomic E-state index is 0.0254. The standard InChI is InChI=1S/C22H29N3O4/c1-3-28-20-10-9-17(15-21(20)29-4-2)23-22(27)16-24-11-13-25(14-12-24)18-7-5-6-8-19(18)26/h5-10,15,26H,3-4,11-14,16H2,1-2H3,(H,23,27)/p+1. The molecule has 0 spiro atoms. The molecule has 2 aromatic carbocycles. The predicted molar refractivity (Wildman–Crippen MR) is 113 cm³/mol. The van der Waals surface area contributed by atoms with Crippen LogP contribution in [0.3, 0.4) is 0 Å². The third-order valence-corrected chi connectivity index (χ3v) is 4.93. The van der Waals surface area contributed by atoms with Crippen molar-refractivity contribution in [1.82, 2.24) is 0 Å². The molecule has 1 aliphatic rings. The fourth-order valence-electron chi connectivity index (χ4n) is 3.53. The highest BCUT2D eigenvalue weighted by Gasteiger charge is 2.23. The first-order valence-electron chi connectivity index (χ1n) is 10.2. The number of phenolic OH excluding ortho intramolecular Hbond substituents is 1. The summed E-state index contributed by atoms with van der Waals surface area (Å²) in [4.78, 5) is 15.9. The molecule has 7 nitrogen and oxygen atoms in total. The lowest BCUT2D eigenvalue weighted by Gasteiger charge is -2.33. The third-order valence-electron chi connectivity index (χ3n) is 4.93. The zero-order valence-electron chi connectivity index (χ0n) is 17.1. The fraction of sp³-hybridized carbons (Fsp3) is 0.409. The van der Waals surface area contributed by atoms with Crippen LogP contribution in [0, 0.1) is 0 Å². The third kappa shape index (κ3) is 5.54. The van der Waals surface area contributed by atoms with E-state index in [4.69, 9.17) is 9.47 Å². The average molecular weight is 400 g/mol. The first-order chi connectivity index (χ1) is 14.1. The number of carbonyl (C=O) groups is 1. The van der Waals surface area contributed by atoms with Crippen molar-refractivity contribution in [2.75, 3.05) is 56.2 Å². The topological polar surface area (TPSA) is 75.5 Å². The van der Waals surface area contributed by atoms with Gasteiger partial charge in [0.25, 0.3) is 5.91 Å². The highest BCUT2D eigenvalue weighted by atomic mass is 16.5. The Hall–Kier alpha value is -2.93. The maximum absolute atomic E-state index is 12.5. The molecule has 0 radical (unpaired) electrons. The Labute approximate surface area is 171 Å². The van der Waals surface area contributed by atoms with Gasteiger partial charge in [-0.05, 0) is 38.1 Å². The minimum Gasteiger partial charge on any atom is -0.506 e. The molecule has 0 unspecified atom stereocenters. The second-order valence-corrected chi connectivity index (χ2v) is 6.98. The quantitative estimate of drug-likeness (QED) is 0.627. The van der Waals surface area contributed by atoms with E-state index < -0.39 is 0 Å². The number of rotatable bonds is 8. The van der Waals surface area contributed by atoms with E-state index in [1.165, 1.54) is 4.90 Å². The van der Waals surface area contributed by atoms with Gasteiger partial charge in [0.2, 0.25) is 0 Å². The van der Waals surface area contributed by atoms with Crippen molar-refractivity contribution in [1.29, 1.82) is 0 Å². The van der Waals surface area contributed by atoms with Crippen molar-refractivity contribution < 1.29 is 24.3 Å². The van der Waals surface area contributed by atoms with Crippen molar-refractivity contribution in [2.24, 2.45) is 0 Å². The zero-order chi connectivity index (χ0) is 20.6. The van der Waals surface area contributed by atoms with E-state index in [9.17, 15) is 9.90 Å². The van der Waals surface area contributed by atoms with E-state index in [1.54, 1.807) is 12.1 Å². The second kappa shape index (κ2) is 10.0. The van der Waals surface area contributed by atoms with E-state index in [-0.39, 0.29) is 5.91 Å². The van der Waals surface area contributed by atoms with Crippen LogP contribution in [-0.2, 0) is 4.79 Å². The number of para-hydroxylation sites is 2. The van der Waals surface area contributed by atoms with E-state index in [0.717, 1.165) is 31.9 Å². The molecule has 1 amide bonds. The summed E-state index contributed by atoms with van der Waals surface area (Å²) in [5.74, 6) is 1.59. The van der Waals surface area contributed by atoms with Crippen LogP contribution in [0.5, 0.6) is 17.2 Å². The van der Waals surface area contributed by atoms with Gasteiger partial charge in [-0.3, -0.25) is 4.79 Å². The fourth-order valence-corrected chi connectivity index (χ4v) is 3.53. The molecule has 0 saturated carbocycles. The van der Waals surface area contributed by atoms with Crippen LogP contribution < -0.4 is 24.6 Å². The van der Waals surface area contributed by atoms with Crippen molar-refractivity contribution in [2.45, 2.75) is 13.8 Å². The van der Waals surface area contributed by atoms with Gasteiger partial charge in [-0.2, -0.15) is 0 Å². The first kappa shape index (κ1) is 20.8. The van der Waals surface area contributed by atoms with E-state index in [1.807, 2.05) is 44.2 Å². The monoisotopic (exact) mass is 400 g/mol. The summed E-state index contributed by atoms with van der Waals surface area (Å²) < 4.78 is 11.2. The van der Waals surface area contributed by atoms with Crippen molar-refractivity contribution in [3.63, 3.8) is 0 Å². The van der Waals surface area contributed by atoms with Gasteiger partial charge in [0.1, 0.15) is 5.75 Å². The van der Waals surface area contributed by atoms with Crippen LogP contribution in [0.25, 0.3) is 0 Å². The summed E-state index contributed by atoms with van der Waals surface area (Å²) in [6.45, 7) is 8.63. The normalized spacial score (nSPS) is 14.5. The molecule has 0 atom stereocenters. The zero-order valence-corrected chi connectivity index (χ0v) is 17.1. The Morgan fingerprint density at radius 3 is 2.45 bits per heavy atom. The molecule has 29 heavy (non-hydrogen) atoms. The molecule has 3 rings (SSSR count). The Morgan fingerprint density at radius 1 is 1.07 bits per heavy atom. The average Bonchev–Trinajstić information content (AvgIpc) is 2.71. The highest BCUT2D eigenvalue weighted by molar-refractivity contribution is 5.91. The van der Waals surface area contributed by atoms with E-state index in [2.05, 4.69) is 10.2 Å². The summed E-state index contributed by atoms with van der Waals surface area (Å²) >= 11 is 0. The van der Waals surface area contributed by atoms with Gasteiger partial charge in [0.15, 0.2) is 18.0 Å². The number of phenols is 1. The number of ether oxygens (including phenoxy) is 2. The van der Waals surface area contributed by atoms with Crippen LogP contribution in [0.15, 0.2) is 42.5 Å². The van der Waals surface area contributed by atoms with Gasteiger partial charge in [0, 0.05) is 11.8 Å². The number of aromatic hydroxyl groups is 1. The second-order valence-electron chi connectivity index (χ2n) is 6.98. The number of amides is 1. The Balaban J connectivity index is 1.52. The Bertz CT molecular complexity index is 819. The number of nitrogens with one attached hydrogen (secondary N) is 2. The lowest BCUT2D eigenvalue weighted by atomic mass is 10.2. The summed E-state index contributed by atoms with van der Waals surface area (Å²) in [5, 5.41) is 13.0. The maximum Gasteiger partial charge on any atom is 0.279 e. The molecule has 156 valence electrons. The van der Waals surface area contributed by atoms with Crippen LogP contribution in [-0.4, -0.2) is 57.0 Å². The molecule has 0 aromatic heterocycles. The summed E-state index contributed by atoms with van der Waals surface area (Å²) in [7, 11) is 0. The van der Waals surface area contributed by atoms with E-state index in [0.29, 0.717) is 42.7 Å². The molecule has 3 N–H and O–H groups in total. The van der Waals surface area contributed by atoms with Gasteiger partial charge in [-0.15, -0.1) is 0 Å². The molecule has 1 fully saturated rings. The molecule has 7 heteroatoms. The van der Waals surface area contributed by atoms with Crippen LogP contribution in [0.4, 0.5) is 11.4 Å². The van der Waals surface area contributed by atoms with Gasteiger partial charge >= 0.3 is 0 Å². The van der Waals surface area contributed by atoms with Crippen LogP contribution in [0.1, 0.15) is 13.8 Å². The number of quaternary nitrogens is 1. The highest BCUT2D eigenvalue weighted by Crippen LogP contribution is 2.30. The van der Waals surface area contributed by atoms with Crippen LogP contribution in [0.2, 0.25) is 0 Å². The predicted octanol–water partition coefficient (Wildman–Crippen LogP) is 1.53. The Morgan fingerprint density at radius 2 is 1.76 bits per heavy atom. The van der Waals surface area contributed by atoms with Gasteiger partial charge < -0.3 is 29.7 Å². The number of nitrogens with zero attached hydrogens (tertiary/aromatic N) is 1. The van der Waals surface area contributed by atoms with Crippen molar-refractivity contribution >= 4 is 17.3 Å². The van der Waals surface area contributed by atoms with Gasteiger partial charge in [-0.1, -0.05) is 12.1 Å². The van der Waals surface area contributed by atoms with Crippen molar-refractivity contribution in [3.8, 4) is 17.2 Å². The summed E-state index contributed by atoms with van der Waals surface area (Å²) in [5.41, 5.74) is 1.56. The number of hydrogen-bond donors (Lipinski definition) is 3. The molecule has 0 bridgehead atoms. The number of hydrogen-bond acceptors (Lipinski definition) is 5. The molecule has 1 aliphatic heterocycles. The van der Waals surface area contributed by atoms with Gasteiger partial charge in [0.05, 0.1) is 45.1 Å². The van der Waals surface area contributed by atoms with Gasteiger partial charge in [-0.25, -0.2) is 0 Å². The molecule has 1 heterocycles. The molecule has 0 aliphatic carbocycles. The number of piperazine rings is 1. The minimum atomic E-state index is -0.0254. The molecule has 2 aromatic rings.